The van der Waals surface area contributed by atoms with E-state index in [1.54, 1.807) is 26.8 Å². The molecule has 0 radical (unpaired) electrons. The van der Waals surface area contributed by atoms with Crippen molar-refractivity contribution in [2.75, 3.05) is 0 Å². The third-order valence-corrected chi connectivity index (χ3v) is 7.05. The number of hydrogen-bond acceptors (Lipinski definition) is 9. The lowest BCUT2D eigenvalue weighted by Crippen LogP contribution is -2.58. The Kier molecular flexibility index (Phi) is 7.32. The summed E-state index contributed by atoms with van der Waals surface area (Å²) in [5.74, 6) is -5.64. The molecule has 3 aliphatic rings. The number of aliphatic hydroxyl groups is 2. The van der Waals surface area contributed by atoms with Crippen LogP contribution in [0.3, 0.4) is 0 Å². The maximum absolute atomic E-state index is 12.8. The summed E-state index contributed by atoms with van der Waals surface area (Å²) in [6.45, 7) is 14.0. The Bertz CT molecular complexity index is 889. The molecule has 190 valence electrons. The first-order valence-corrected chi connectivity index (χ1v) is 11.8. The van der Waals surface area contributed by atoms with Gasteiger partial charge in [-0.15, -0.1) is 0 Å². The van der Waals surface area contributed by atoms with Crippen LogP contribution in [0.2, 0.25) is 0 Å². The number of allylic oxidation sites excluding steroid dienone is 1. The summed E-state index contributed by atoms with van der Waals surface area (Å²) < 4.78 is 23.0. The lowest BCUT2D eigenvalue weighted by atomic mass is 9.75. The normalized spacial score (nSPS) is 40.2. The number of carbonyl (C=O) groups excluding carboxylic acids is 3. The Morgan fingerprint density at radius 1 is 1.26 bits per heavy atom. The molecule has 9 nitrogen and oxygen atoms in total. The van der Waals surface area contributed by atoms with Gasteiger partial charge in [-0.1, -0.05) is 33.4 Å². The van der Waals surface area contributed by atoms with Crippen LogP contribution in [0.15, 0.2) is 23.8 Å². The second-order valence-corrected chi connectivity index (χ2v) is 10.4. The van der Waals surface area contributed by atoms with Crippen molar-refractivity contribution >= 4 is 17.9 Å². The number of esters is 3. The topological polar surface area (TPSA) is 129 Å². The number of ether oxygens (including phenoxy) is 4. The van der Waals surface area contributed by atoms with Crippen LogP contribution < -0.4 is 0 Å². The molecule has 0 amide bonds. The Morgan fingerprint density at radius 2 is 1.91 bits per heavy atom. The predicted molar refractivity (Wildman–Crippen MR) is 120 cm³/mol. The minimum absolute atomic E-state index is 0.00107. The van der Waals surface area contributed by atoms with E-state index in [9.17, 15) is 24.6 Å². The second-order valence-electron chi connectivity index (χ2n) is 10.4. The average Bonchev–Trinajstić information content (AvgIpc) is 3.17. The molecule has 8 atom stereocenters. The fourth-order valence-electron chi connectivity index (χ4n) is 5.07. The summed E-state index contributed by atoms with van der Waals surface area (Å²) in [5.41, 5.74) is -1.44. The molecule has 3 fully saturated rings. The maximum Gasteiger partial charge on any atom is 0.334 e. The maximum atomic E-state index is 12.8. The molecule has 0 aliphatic carbocycles. The van der Waals surface area contributed by atoms with E-state index < -0.39 is 65.5 Å². The van der Waals surface area contributed by atoms with Gasteiger partial charge in [0.15, 0.2) is 18.3 Å². The van der Waals surface area contributed by atoms with Crippen LogP contribution in [-0.4, -0.2) is 63.9 Å². The molecule has 0 saturated carbocycles. The van der Waals surface area contributed by atoms with Crippen LogP contribution in [0.5, 0.6) is 0 Å². The van der Waals surface area contributed by atoms with E-state index in [-0.39, 0.29) is 24.3 Å². The first kappa shape index (κ1) is 26.4. The zero-order valence-electron chi connectivity index (χ0n) is 20.7. The third-order valence-electron chi connectivity index (χ3n) is 7.05. The number of hydrogen-bond donors (Lipinski definition) is 2. The summed E-state index contributed by atoms with van der Waals surface area (Å²) in [6, 6.07) is 0. The van der Waals surface area contributed by atoms with E-state index in [4.69, 9.17) is 18.9 Å². The summed E-state index contributed by atoms with van der Waals surface area (Å²) >= 11 is 0. The highest BCUT2D eigenvalue weighted by Gasteiger charge is 2.65. The third kappa shape index (κ3) is 4.78. The smallest absolute Gasteiger partial charge is 0.334 e. The molecule has 34 heavy (non-hydrogen) atoms. The van der Waals surface area contributed by atoms with Crippen LogP contribution in [0.25, 0.3) is 0 Å². The predicted octanol–water partition coefficient (Wildman–Crippen LogP) is 2.19. The Labute approximate surface area is 200 Å². The molecule has 0 spiro atoms. The second kappa shape index (κ2) is 9.43. The van der Waals surface area contributed by atoms with Crippen LogP contribution >= 0.6 is 0 Å². The lowest BCUT2D eigenvalue weighted by molar-refractivity contribution is -0.277. The average molecular weight is 481 g/mol. The zero-order valence-corrected chi connectivity index (χ0v) is 20.7. The van der Waals surface area contributed by atoms with E-state index >= 15 is 0 Å². The highest BCUT2D eigenvalue weighted by Crippen LogP contribution is 2.50. The van der Waals surface area contributed by atoms with Crippen molar-refractivity contribution in [3.63, 3.8) is 0 Å². The van der Waals surface area contributed by atoms with Gasteiger partial charge in [0.25, 0.3) is 0 Å². The molecule has 2 N–H and O–H groups in total. The fraction of sp³-hybridized carbons (Fsp3) is 0.720. The van der Waals surface area contributed by atoms with E-state index in [2.05, 4.69) is 6.58 Å². The van der Waals surface area contributed by atoms with Crippen molar-refractivity contribution in [2.24, 2.45) is 17.8 Å². The van der Waals surface area contributed by atoms with Crippen LogP contribution in [-0.2, 0) is 33.3 Å². The van der Waals surface area contributed by atoms with E-state index in [0.29, 0.717) is 12.0 Å². The van der Waals surface area contributed by atoms with Crippen LogP contribution in [0, 0.1) is 17.8 Å². The van der Waals surface area contributed by atoms with Crippen molar-refractivity contribution in [1.82, 2.24) is 0 Å². The first-order chi connectivity index (χ1) is 15.7. The van der Waals surface area contributed by atoms with Crippen LogP contribution in [0.4, 0.5) is 0 Å². The molecule has 0 aromatic carbocycles. The molecule has 3 saturated heterocycles. The largest absolute Gasteiger partial charge is 0.455 e. The molecule has 3 heterocycles. The van der Waals surface area contributed by atoms with Crippen molar-refractivity contribution in [2.45, 2.75) is 96.6 Å². The number of fused-ring (bicyclic) bond motifs is 3. The minimum Gasteiger partial charge on any atom is -0.455 e. The van der Waals surface area contributed by atoms with Gasteiger partial charge < -0.3 is 29.2 Å². The van der Waals surface area contributed by atoms with Gasteiger partial charge in [0.1, 0.15) is 5.60 Å². The van der Waals surface area contributed by atoms with Gasteiger partial charge >= 0.3 is 17.9 Å². The van der Waals surface area contributed by atoms with Gasteiger partial charge in [0.2, 0.25) is 5.79 Å². The Morgan fingerprint density at radius 3 is 2.50 bits per heavy atom. The SMILES string of the molecule is C=C1C(=O)OC2C1C(OC(=O)C(C)=CC)C1(O)OC(CC1C)CC(C)(O)C2OC(=O)CC(C)C. The zero-order chi connectivity index (χ0) is 25.6. The van der Waals surface area contributed by atoms with Gasteiger partial charge in [0.05, 0.1) is 12.0 Å². The van der Waals surface area contributed by atoms with Gasteiger partial charge in [-0.3, -0.25) is 4.79 Å². The number of rotatable bonds is 5. The van der Waals surface area contributed by atoms with Gasteiger partial charge in [-0.25, -0.2) is 9.59 Å². The fourth-order valence-corrected chi connectivity index (χ4v) is 5.07. The van der Waals surface area contributed by atoms with Crippen molar-refractivity contribution < 1.29 is 43.5 Å². The molecular formula is C25H36O9. The molecule has 8 unspecified atom stereocenters. The van der Waals surface area contributed by atoms with Crippen LogP contribution in [0.1, 0.15) is 60.8 Å². The highest BCUT2D eigenvalue weighted by atomic mass is 16.7. The highest BCUT2D eigenvalue weighted by molar-refractivity contribution is 5.92. The van der Waals surface area contributed by atoms with E-state index in [1.807, 2.05) is 13.8 Å². The van der Waals surface area contributed by atoms with Crippen molar-refractivity contribution in [3.05, 3.63) is 23.8 Å². The molecule has 0 aromatic heterocycles. The Hall–Kier alpha value is -2.23. The molecule has 0 aromatic rings. The standard InChI is InChI=1S/C25H36O9/c1-8-13(4)22(27)33-20-18-15(6)23(28)32-19(18)21(31-17(26)9-12(2)3)24(7,29)11-16-10-14(5)25(20,30)34-16/h8,12,14,16,18-21,29-30H,6,9-11H2,1-5,7H3. The summed E-state index contributed by atoms with van der Waals surface area (Å²) in [7, 11) is 0. The van der Waals surface area contributed by atoms with Gasteiger partial charge in [0, 0.05) is 29.9 Å². The minimum atomic E-state index is -1.97. The monoisotopic (exact) mass is 480 g/mol. The first-order valence-electron chi connectivity index (χ1n) is 11.8. The molecule has 3 aliphatic heterocycles. The van der Waals surface area contributed by atoms with Gasteiger partial charge in [-0.05, 0) is 33.1 Å². The molecule has 9 heteroatoms. The van der Waals surface area contributed by atoms with E-state index in [0.717, 1.165) is 0 Å². The number of carbonyl (C=O) groups is 3. The quantitative estimate of drug-likeness (QED) is 0.346. The molecule has 2 bridgehead atoms. The lowest BCUT2D eigenvalue weighted by Gasteiger charge is -2.41. The van der Waals surface area contributed by atoms with Crippen molar-refractivity contribution in [1.29, 1.82) is 0 Å². The van der Waals surface area contributed by atoms with Gasteiger partial charge in [-0.2, -0.15) is 0 Å². The van der Waals surface area contributed by atoms with E-state index in [1.165, 1.54) is 6.92 Å². The molecule has 3 rings (SSSR count). The van der Waals surface area contributed by atoms with Crippen molar-refractivity contribution in [3.8, 4) is 0 Å². The summed E-state index contributed by atoms with van der Waals surface area (Å²) in [6.07, 6.45) is -2.53. The summed E-state index contributed by atoms with van der Waals surface area (Å²) in [5, 5.41) is 23.2. The molecular weight excluding hydrogens is 444 g/mol. The Balaban J connectivity index is 2.13. The summed E-state index contributed by atoms with van der Waals surface area (Å²) in [4.78, 5) is 38.1.